The molecular formula is C20H22F3N3O2. The van der Waals surface area contributed by atoms with E-state index >= 15 is 0 Å². The lowest BCUT2D eigenvalue weighted by Gasteiger charge is -2.44. The van der Waals surface area contributed by atoms with Crippen LogP contribution in [0.2, 0.25) is 0 Å². The number of aromatic nitrogens is 2. The van der Waals surface area contributed by atoms with Crippen molar-refractivity contribution in [3.63, 3.8) is 0 Å². The summed E-state index contributed by atoms with van der Waals surface area (Å²) in [4.78, 5) is 14.7. The maximum atomic E-state index is 12.8. The van der Waals surface area contributed by atoms with Gasteiger partial charge in [-0.25, -0.2) is 4.68 Å². The van der Waals surface area contributed by atoms with E-state index in [0.717, 1.165) is 49.7 Å². The molecule has 1 aromatic heterocycles. The number of rotatable bonds is 4. The summed E-state index contributed by atoms with van der Waals surface area (Å²) in [6, 6.07) is 7.43. The van der Waals surface area contributed by atoms with Crippen molar-refractivity contribution in [3.8, 4) is 5.69 Å². The lowest BCUT2D eigenvalue weighted by atomic mass is 9.66. The fraction of sp³-hybridized carbons (Fsp3) is 0.500. The minimum atomic E-state index is -4.48. The SMILES string of the molecule is CCOC1CC2(CCN(C(=O)c3ccc(-n4ccc(C(F)(F)F)n4)cc3)C2)C1. The summed E-state index contributed by atoms with van der Waals surface area (Å²) in [6.07, 6.45) is 0.100. The zero-order valence-electron chi connectivity index (χ0n) is 15.6. The van der Waals surface area contributed by atoms with Gasteiger partial charge in [0.25, 0.3) is 5.91 Å². The molecule has 0 bridgehead atoms. The molecule has 8 heteroatoms. The van der Waals surface area contributed by atoms with E-state index < -0.39 is 11.9 Å². The maximum Gasteiger partial charge on any atom is 0.435 e. The van der Waals surface area contributed by atoms with Crippen LogP contribution >= 0.6 is 0 Å². The van der Waals surface area contributed by atoms with Gasteiger partial charge in [-0.05, 0) is 61.9 Å². The van der Waals surface area contributed by atoms with Crippen LogP contribution in [-0.4, -0.2) is 46.4 Å². The van der Waals surface area contributed by atoms with E-state index in [9.17, 15) is 18.0 Å². The van der Waals surface area contributed by atoms with Crippen LogP contribution < -0.4 is 0 Å². The molecule has 2 aliphatic rings. The summed E-state index contributed by atoms with van der Waals surface area (Å²) < 4.78 is 44.9. The Balaban J connectivity index is 1.40. The molecule has 2 aromatic rings. The molecule has 2 heterocycles. The van der Waals surface area contributed by atoms with Crippen LogP contribution in [-0.2, 0) is 10.9 Å². The molecule has 0 radical (unpaired) electrons. The van der Waals surface area contributed by atoms with Crippen LogP contribution in [0.15, 0.2) is 36.5 Å². The van der Waals surface area contributed by atoms with Gasteiger partial charge in [0.05, 0.1) is 11.8 Å². The highest BCUT2D eigenvalue weighted by Crippen LogP contribution is 2.49. The Morgan fingerprint density at radius 3 is 2.57 bits per heavy atom. The second kappa shape index (κ2) is 6.92. The number of alkyl halides is 3. The fourth-order valence-electron chi connectivity index (χ4n) is 4.26. The van der Waals surface area contributed by atoms with Gasteiger partial charge in [0.2, 0.25) is 0 Å². The summed E-state index contributed by atoms with van der Waals surface area (Å²) in [5.74, 6) is -0.0419. The molecule has 2 fully saturated rings. The summed E-state index contributed by atoms with van der Waals surface area (Å²) in [5, 5.41) is 3.55. The smallest absolute Gasteiger partial charge is 0.378 e. The largest absolute Gasteiger partial charge is 0.435 e. The van der Waals surface area contributed by atoms with Crippen molar-refractivity contribution in [1.29, 1.82) is 0 Å². The number of nitrogens with zero attached hydrogens (tertiary/aromatic N) is 3. The lowest BCUT2D eigenvalue weighted by molar-refractivity contribution is -0.141. The van der Waals surface area contributed by atoms with Crippen LogP contribution in [0.5, 0.6) is 0 Å². The van der Waals surface area contributed by atoms with Crippen LogP contribution in [0, 0.1) is 5.41 Å². The second-order valence-corrected chi connectivity index (χ2v) is 7.65. The normalized spacial score (nSPS) is 24.6. The molecule has 1 amide bonds. The molecule has 5 nitrogen and oxygen atoms in total. The molecule has 1 saturated carbocycles. The first-order chi connectivity index (χ1) is 13.3. The molecule has 0 N–H and O–H groups in total. The van der Waals surface area contributed by atoms with Gasteiger partial charge in [0, 0.05) is 31.5 Å². The Bertz CT molecular complexity index is 854. The number of hydrogen-bond acceptors (Lipinski definition) is 3. The van der Waals surface area contributed by atoms with E-state index in [0.29, 0.717) is 17.4 Å². The molecule has 28 heavy (non-hydrogen) atoms. The minimum absolute atomic E-state index is 0.0419. The lowest BCUT2D eigenvalue weighted by Crippen LogP contribution is -2.45. The zero-order valence-corrected chi connectivity index (χ0v) is 15.6. The Morgan fingerprint density at radius 2 is 1.96 bits per heavy atom. The minimum Gasteiger partial charge on any atom is -0.378 e. The summed E-state index contributed by atoms with van der Waals surface area (Å²) >= 11 is 0. The van der Waals surface area contributed by atoms with Crippen molar-refractivity contribution in [2.24, 2.45) is 5.41 Å². The van der Waals surface area contributed by atoms with E-state index in [1.807, 2.05) is 11.8 Å². The first-order valence-corrected chi connectivity index (χ1v) is 9.44. The van der Waals surface area contributed by atoms with Gasteiger partial charge >= 0.3 is 6.18 Å². The number of carbonyl (C=O) groups is 1. The second-order valence-electron chi connectivity index (χ2n) is 7.65. The summed E-state index contributed by atoms with van der Waals surface area (Å²) in [5.41, 5.74) is 0.257. The summed E-state index contributed by atoms with van der Waals surface area (Å²) in [6.45, 7) is 4.18. The number of amides is 1. The van der Waals surface area contributed by atoms with Crippen molar-refractivity contribution in [2.45, 2.75) is 38.5 Å². The van der Waals surface area contributed by atoms with Crippen LogP contribution in [0.4, 0.5) is 13.2 Å². The Labute approximate surface area is 161 Å². The van der Waals surface area contributed by atoms with Crippen LogP contribution in [0.25, 0.3) is 5.69 Å². The zero-order chi connectivity index (χ0) is 19.9. The van der Waals surface area contributed by atoms with Crippen molar-refractivity contribution < 1.29 is 22.7 Å². The van der Waals surface area contributed by atoms with E-state index in [1.165, 1.54) is 6.20 Å². The molecule has 0 atom stereocenters. The number of ether oxygens (including phenoxy) is 1. The summed E-state index contributed by atoms with van der Waals surface area (Å²) in [7, 11) is 0. The predicted octanol–water partition coefficient (Wildman–Crippen LogP) is 3.92. The average molecular weight is 393 g/mol. The van der Waals surface area contributed by atoms with Gasteiger partial charge in [-0.3, -0.25) is 4.79 Å². The highest BCUT2D eigenvalue weighted by molar-refractivity contribution is 5.94. The maximum absolute atomic E-state index is 12.8. The molecule has 1 aromatic carbocycles. The van der Waals surface area contributed by atoms with Gasteiger partial charge in [0.1, 0.15) is 0 Å². The van der Waals surface area contributed by atoms with Crippen molar-refractivity contribution >= 4 is 5.91 Å². The molecule has 0 unspecified atom stereocenters. The first-order valence-electron chi connectivity index (χ1n) is 9.44. The van der Waals surface area contributed by atoms with Crippen molar-refractivity contribution in [2.75, 3.05) is 19.7 Å². The average Bonchev–Trinajstić information content (AvgIpc) is 3.29. The Morgan fingerprint density at radius 1 is 1.25 bits per heavy atom. The van der Waals surface area contributed by atoms with E-state index in [-0.39, 0.29) is 11.3 Å². The van der Waals surface area contributed by atoms with Gasteiger partial charge in [-0.2, -0.15) is 18.3 Å². The Kier molecular flexibility index (Phi) is 4.69. The van der Waals surface area contributed by atoms with E-state index in [1.54, 1.807) is 24.3 Å². The van der Waals surface area contributed by atoms with Crippen molar-refractivity contribution in [1.82, 2.24) is 14.7 Å². The van der Waals surface area contributed by atoms with Gasteiger partial charge < -0.3 is 9.64 Å². The number of halogens is 3. The van der Waals surface area contributed by atoms with Gasteiger partial charge in [0.15, 0.2) is 5.69 Å². The molecule has 1 spiro atoms. The topological polar surface area (TPSA) is 47.4 Å². The molecule has 1 saturated heterocycles. The third-order valence-corrected chi connectivity index (χ3v) is 5.71. The highest BCUT2D eigenvalue weighted by Gasteiger charge is 2.49. The Hall–Kier alpha value is -2.35. The number of carbonyl (C=O) groups excluding carboxylic acids is 1. The number of hydrogen-bond donors (Lipinski definition) is 0. The third kappa shape index (κ3) is 3.53. The molecule has 1 aliphatic carbocycles. The monoisotopic (exact) mass is 393 g/mol. The predicted molar refractivity (Wildman–Crippen MR) is 96.2 cm³/mol. The molecule has 4 rings (SSSR count). The molecule has 150 valence electrons. The third-order valence-electron chi connectivity index (χ3n) is 5.71. The van der Waals surface area contributed by atoms with Gasteiger partial charge in [-0.1, -0.05) is 0 Å². The van der Waals surface area contributed by atoms with E-state index in [4.69, 9.17) is 4.74 Å². The van der Waals surface area contributed by atoms with Crippen LogP contribution in [0.3, 0.4) is 0 Å². The number of likely N-dealkylation sites (tertiary alicyclic amines) is 1. The highest BCUT2D eigenvalue weighted by atomic mass is 19.4. The quantitative estimate of drug-likeness (QED) is 0.791. The van der Waals surface area contributed by atoms with Crippen LogP contribution in [0.1, 0.15) is 42.2 Å². The van der Waals surface area contributed by atoms with Crippen molar-refractivity contribution in [3.05, 3.63) is 47.8 Å². The first kappa shape index (κ1) is 19.0. The fourth-order valence-corrected chi connectivity index (χ4v) is 4.26. The van der Waals surface area contributed by atoms with Gasteiger partial charge in [-0.15, -0.1) is 0 Å². The molecule has 1 aliphatic heterocycles. The van der Waals surface area contributed by atoms with E-state index in [2.05, 4.69) is 5.10 Å². The number of benzene rings is 1. The molecular weight excluding hydrogens is 371 g/mol. The standard InChI is InChI=1S/C20H22F3N3O2/c1-2-28-16-11-19(12-16)8-10-25(13-19)18(27)14-3-5-15(6-4-14)26-9-7-17(24-26)20(21,22)23/h3-7,9,16H,2,8,10-13H2,1H3.